The van der Waals surface area contributed by atoms with Crippen molar-refractivity contribution in [3.05, 3.63) is 73.1 Å². The SMILES string of the molecule is CC(Nc1cccnc1)c1ccc(-n2ccnc2)cc1. The lowest BCUT2D eigenvalue weighted by atomic mass is 10.1. The summed E-state index contributed by atoms with van der Waals surface area (Å²) in [6.45, 7) is 2.14. The van der Waals surface area contributed by atoms with Crippen molar-refractivity contribution < 1.29 is 0 Å². The third kappa shape index (κ3) is 2.69. The second-order valence-electron chi connectivity index (χ2n) is 4.67. The highest BCUT2D eigenvalue weighted by Gasteiger charge is 2.05. The first-order valence-electron chi connectivity index (χ1n) is 6.58. The fraction of sp³-hybridized carbons (Fsp3) is 0.125. The molecule has 1 aromatic carbocycles. The summed E-state index contributed by atoms with van der Waals surface area (Å²) >= 11 is 0. The molecule has 3 rings (SSSR count). The number of imidazole rings is 1. The average molecular weight is 264 g/mol. The Labute approximate surface area is 118 Å². The fourth-order valence-electron chi connectivity index (χ4n) is 2.13. The van der Waals surface area contributed by atoms with E-state index in [4.69, 9.17) is 0 Å². The Bertz CT molecular complexity index is 645. The minimum absolute atomic E-state index is 0.232. The van der Waals surface area contributed by atoms with Gasteiger partial charge in [-0.2, -0.15) is 0 Å². The van der Waals surface area contributed by atoms with Crippen LogP contribution < -0.4 is 5.32 Å². The third-order valence-electron chi connectivity index (χ3n) is 3.24. The maximum absolute atomic E-state index is 4.11. The third-order valence-corrected chi connectivity index (χ3v) is 3.24. The van der Waals surface area contributed by atoms with Crippen LogP contribution in [0.2, 0.25) is 0 Å². The van der Waals surface area contributed by atoms with Gasteiger partial charge < -0.3 is 9.88 Å². The topological polar surface area (TPSA) is 42.7 Å². The molecule has 3 aromatic rings. The summed E-state index contributed by atoms with van der Waals surface area (Å²) in [6, 6.07) is 12.6. The summed E-state index contributed by atoms with van der Waals surface area (Å²) in [5, 5.41) is 3.43. The molecule has 0 radical (unpaired) electrons. The second-order valence-corrected chi connectivity index (χ2v) is 4.67. The number of aromatic nitrogens is 3. The van der Waals surface area contributed by atoms with Crippen LogP contribution in [0.1, 0.15) is 18.5 Å². The van der Waals surface area contributed by atoms with Crippen molar-refractivity contribution in [1.82, 2.24) is 14.5 Å². The van der Waals surface area contributed by atoms with Crippen molar-refractivity contribution in [2.45, 2.75) is 13.0 Å². The first kappa shape index (κ1) is 12.4. The number of nitrogens with one attached hydrogen (secondary N) is 1. The van der Waals surface area contributed by atoms with Crippen molar-refractivity contribution in [2.75, 3.05) is 5.32 Å². The maximum atomic E-state index is 4.11. The van der Waals surface area contributed by atoms with E-state index in [-0.39, 0.29) is 6.04 Å². The number of rotatable bonds is 4. The molecule has 2 heterocycles. The molecule has 0 saturated carbocycles. The number of anilines is 1. The average Bonchev–Trinajstić information content (AvgIpc) is 3.03. The minimum Gasteiger partial charge on any atom is -0.377 e. The van der Waals surface area contributed by atoms with Crippen LogP contribution in [-0.4, -0.2) is 14.5 Å². The van der Waals surface area contributed by atoms with Gasteiger partial charge in [-0.05, 0) is 36.8 Å². The Balaban J connectivity index is 1.74. The van der Waals surface area contributed by atoms with Crippen LogP contribution in [0.4, 0.5) is 5.69 Å². The zero-order chi connectivity index (χ0) is 13.8. The molecule has 2 aromatic heterocycles. The van der Waals surface area contributed by atoms with Crippen LogP contribution in [0.25, 0.3) is 5.69 Å². The lowest BCUT2D eigenvalue weighted by Crippen LogP contribution is -2.06. The predicted molar refractivity (Wildman–Crippen MR) is 79.8 cm³/mol. The quantitative estimate of drug-likeness (QED) is 0.785. The summed E-state index contributed by atoms with van der Waals surface area (Å²) in [7, 11) is 0. The standard InChI is InChI=1S/C16H16N4/c1-13(19-15-3-2-8-17-11-15)14-4-6-16(7-5-14)20-10-9-18-12-20/h2-13,19H,1H3. The Kier molecular flexibility index (Phi) is 3.46. The summed E-state index contributed by atoms with van der Waals surface area (Å²) in [6.07, 6.45) is 9.12. The van der Waals surface area contributed by atoms with Gasteiger partial charge >= 0.3 is 0 Å². The highest BCUT2D eigenvalue weighted by Crippen LogP contribution is 2.19. The molecule has 0 saturated heterocycles. The molecule has 0 bridgehead atoms. The van der Waals surface area contributed by atoms with E-state index in [1.165, 1.54) is 5.56 Å². The van der Waals surface area contributed by atoms with Gasteiger partial charge in [0.05, 0.1) is 12.0 Å². The van der Waals surface area contributed by atoms with Gasteiger partial charge in [0.2, 0.25) is 0 Å². The molecule has 0 aliphatic carbocycles. The molecule has 0 spiro atoms. The van der Waals surface area contributed by atoms with Crippen LogP contribution in [-0.2, 0) is 0 Å². The smallest absolute Gasteiger partial charge is 0.0991 e. The normalized spacial score (nSPS) is 12.1. The second kappa shape index (κ2) is 5.57. The molecule has 0 amide bonds. The summed E-state index contributed by atoms with van der Waals surface area (Å²) in [4.78, 5) is 8.16. The van der Waals surface area contributed by atoms with E-state index in [1.807, 2.05) is 29.1 Å². The van der Waals surface area contributed by atoms with Gasteiger partial charge in [0.25, 0.3) is 0 Å². The van der Waals surface area contributed by atoms with Gasteiger partial charge in [0.15, 0.2) is 0 Å². The van der Waals surface area contributed by atoms with Crippen LogP contribution in [0.3, 0.4) is 0 Å². The Morgan fingerprint density at radius 3 is 2.55 bits per heavy atom. The van der Waals surface area contributed by atoms with E-state index in [0.29, 0.717) is 0 Å². The maximum Gasteiger partial charge on any atom is 0.0991 e. The molecule has 20 heavy (non-hydrogen) atoms. The van der Waals surface area contributed by atoms with Crippen LogP contribution in [0.5, 0.6) is 0 Å². The highest BCUT2D eigenvalue weighted by atomic mass is 15.0. The lowest BCUT2D eigenvalue weighted by Gasteiger charge is -2.15. The molecule has 1 N–H and O–H groups in total. The molecule has 0 aliphatic rings. The summed E-state index contributed by atoms with van der Waals surface area (Å²) in [5.41, 5.74) is 3.37. The molecular weight excluding hydrogens is 248 g/mol. The van der Waals surface area contributed by atoms with Gasteiger partial charge in [-0.25, -0.2) is 4.98 Å². The van der Waals surface area contributed by atoms with Crippen molar-refractivity contribution in [1.29, 1.82) is 0 Å². The zero-order valence-corrected chi connectivity index (χ0v) is 11.3. The van der Waals surface area contributed by atoms with Crippen molar-refractivity contribution in [3.63, 3.8) is 0 Å². The zero-order valence-electron chi connectivity index (χ0n) is 11.3. The summed E-state index contributed by atoms with van der Waals surface area (Å²) in [5.74, 6) is 0. The Hall–Kier alpha value is -2.62. The fourth-order valence-corrected chi connectivity index (χ4v) is 2.13. The van der Waals surface area contributed by atoms with E-state index in [1.54, 1.807) is 18.7 Å². The molecule has 4 heteroatoms. The molecule has 4 nitrogen and oxygen atoms in total. The first-order chi connectivity index (χ1) is 9.83. The molecule has 100 valence electrons. The number of hydrogen-bond acceptors (Lipinski definition) is 3. The monoisotopic (exact) mass is 264 g/mol. The van der Waals surface area contributed by atoms with E-state index in [9.17, 15) is 0 Å². The van der Waals surface area contributed by atoms with Crippen LogP contribution in [0.15, 0.2) is 67.5 Å². The van der Waals surface area contributed by atoms with Gasteiger partial charge in [0, 0.05) is 36.5 Å². The van der Waals surface area contributed by atoms with E-state index >= 15 is 0 Å². The highest BCUT2D eigenvalue weighted by molar-refractivity contribution is 5.44. The Morgan fingerprint density at radius 2 is 1.90 bits per heavy atom. The van der Waals surface area contributed by atoms with E-state index < -0.39 is 0 Å². The molecule has 1 unspecified atom stereocenters. The van der Waals surface area contributed by atoms with Crippen molar-refractivity contribution >= 4 is 5.69 Å². The van der Waals surface area contributed by atoms with Crippen molar-refractivity contribution in [2.24, 2.45) is 0 Å². The van der Waals surface area contributed by atoms with Crippen LogP contribution >= 0.6 is 0 Å². The Morgan fingerprint density at radius 1 is 1.05 bits per heavy atom. The molecule has 0 aliphatic heterocycles. The number of pyridine rings is 1. The van der Waals surface area contributed by atoms with Crippen molar-refractivity contribution in [3.8, 4) is 5.69 Å². The van der Waals surface area contributed by atoms with E-state index in [0.717, 1.165) is 11.4 Å². The van der Waals surface area contributed by atoms with Crippen LogP contribution in [0, 0.1) is 0 Å². The molecule has 1 atom stereocenters. The number of benzene rings is 1. The van der Waals surface area contributed by atoms with Gasteiger partial charge in [-0.1, -0.05) is 12.1 Å². The van der Waals surface area contributed by atoms with Gasteiger partial charge in [-0.3, -0.25) is 4.98 Å². The molecular formula is C16H16N4. The minimum atomic E-state index is 0.232. The predicted octanol–water partition coefficient (Wildman–Crippen LogP) is 3.44. The van der Waals surface area contributed by atoms with Gasteiger partial charge in [-0.15, -0.1) is 0 Å². The summed E-state index contributed by atoms with van der Waals surface area (Å²) < 4.78 is 1.99. The number of hydrogen-bond donors (Lipinski definition) is 1. The lowest BCUT2D eigenvalue weighted by molar-refractivity contribution is 0.881. The van der Waals surface area contributed by atoms with E-state index in [2.05, 4.69) is 46.5 Å². The van der Waals surface area contributed by atoms with Gasteiger partial charge in [0.1, 0.15) is 0 Å². The first-order valence-corrected chi connectivity index (χ1v) is 6.58. The largest absolute Gasteiger partial charge is 0.377 e. The molecule has 0 fully saturated rings. The number of nitrogens with zero attached hydrogens (tertiary/aromatic N) is 3.